The molecule has 3 rings (SSSR count). The van der Waals surface area contributed by atoms with Crippen LogP contribution in [0.15, 0.2) is 18.2 Å². The Morgan fingerprint density at radius 3 is 2.80 bits per heavy atom. The summed E-state index contributed by atoms with van der Waals surface area (Å²) < 4.78 is 2.48. The van der Waals surface area contributed by atoms with Gasteiger partial charge >= 0.3 is 0 Å². The maximum absolute atomic E-state index is 10.0. The Balaban J connectivity index is 2.09. The first kappa shape index (κ1) is 13.8. The topological polar surface area (TPSA) is 64.1 Å². The molecular formula is C15H21N3OS. The summed E-state index contributed by atoms with van der Waals surface area (Å²) in [5, 5.41) is 10.0. The Morgan fingerprint density at radius 1 is 1.50 bits per heavy atom. The van der Waals surface area contributed by atoms with Crippen LogP contribution in [0.2, 0.25) is 0 Å². The largest absolute Gasteiger partial charge is 0.399 e. The van der Waals surface area contributed by atoms with E-state index in [-0.39, 0.29) is 0 Å². The third-order valence-corrected chi connectivity index (χ3v) is 5.72. The van der Waals surface area contributed by atoms with Gasteiger partial charge in [-0.25, -0.2) is 4.98 Å². The van der Waals surface area contributed by atoms with E-state index in [1.165, 1.54) is 19.3 Å². The van der Waals surface area contributed by atoms with E-state index in [1.54, 1.807) is 6.92 Å². The molecule has 1 aliphatic rings. The smallest absolute Gasteiger partial charge is 0.138 e. The fourth-order valence-electron chi connectivity index (χ4n) is 2.94. The summed E-state index contributed by atoms with van der Waals surface area (Å²) in [6.07, 6.45) is 5.38. The molecule has 0 aliphatic heterocycles. The summed E-state index contributed by atoms with van der Waals surface area (Å²) >= 11 is 1.93. The highest BCUT2D eigenvalue weighted by Gasteiger charge is 2.37. The van der Waals surface area contributed by atoms with Gasteiger partial charge in [0.25, 0.3) is 0 Å². The number of thioether (sulfide) groups is 1. The number of imidazole rings is 1. The van der Waals surface area contributed by atoms with Crippen LogP contribution in [0.1, 0.15) is 38.1 Å². The zero-order valence-corrected chi connectivity index (χ0v) is 12.8. The van der Waals surface area contributed by atoms with Crippen molar-refractivity contribution in [3.05, 3.63) is 24.0 Å². The number of nitrogens with zero attached hydrogens (tertiary/aromatic N) is 2. The van der Waals surface area contributed by atoms with E-state index < -0.39 is 6.10 Å². The predicted molar refractivity (Wildman–Crippen MR) is 84.9 cm³/mol. The molecule has 0 radical (unpaired) electrons. The summed E-state index contributed by atoms with van der Waals surface area (Å²) in [7, 11) is 0. The average Bonchev–Trinajstić information content (AvgIpc) is 2.71. The van der Waals surface area contributed by atoms with E-state index in [1.807, 2.05) is 30.0 Å². The molecular weight excluding hydrogens is 270 g/mol. The normalized spacial score (nSPS) is 18.9. The minimum Gasteiger partial charge on any atom is -0.399 e. The molecule has 5 heteroatoms. The molecule has 4 nitrogen and oxygen atoms in total. The monoisotopic (exact) mass is 291 g/mol. The molecule has 1 fully saturated rings. The van der Waals surface area contributed by atoms with Crippen molar-refractivity contribution in [2.24, 2.45) is 0 Å². The SMILES string of the molecule is CSC1(Cn2c(C(C)O)nc3cc(N)ccc32)CCC1. The van der Waals surface area contributed by atoms with E-state index in [0.717, 1.165) is 23.4 Å². The third kappa shape index (κ3) is 2.19. The van der Waals surface area contributed by atoms with Crippen LogP contribution in [-0.4, -0.2) is 25.7 Å². The van der Waals surface area contributed by atoms with E-state index in [0.29, 0.717) is 10.4 Å². The van der Waals surface area contributed by atoms with Crippen molar-refractivity contribution in [2.75, 3.05) is 12.0 Å². The maximum Gasteiger partial charge on any atom is 0.138 e. The lowest BCUT2D eigenvalue weighted by atomic mass is 9.84. The molecule has 1 aliphatic carbocycles. The van der Waals surface area contributed by atoms with Crippen molar-refractivity contribution in [3.63, 3.8) is 0 Å². The molecule has 1 atom stereocenters. The number of fused-ring (bicyclic) bond motifs is 1. The summed E-state index contributed by atoms with van der Waals surface area (Å²) in [5.41, 5.74) is 8.48. The number of aliphatic hydroxyl groups excluding tert-OH is 1. The van der Waals surface area contributed by atoms with Crippen LogP contribution < -0.4 is 5.73 Å². The Kier molecular flexibility index (Phi) is 3.42. The molecule has 1 saturated carbocycles. The number of rotatable bonds is 4. The molecule has 2 aromatic rings. The minimum atomic E-state index is -0.567. The lowest BCUT2D eigenvalue weighted by Gasteiger charge is -2.41. The molecule has 0 spiro atoms. The van der Waals surface area contributed by atoms with Gasteiger partial charge in [-0.15, -0.1) is 0 Å². The van der Waals surface area contributed by atoms with Gasteiger partial charge in [0.1, 0.15) is 11.9 Å². The molecule has 3 N–H and O–H groups in total. The molecule has 1 aromatic heterocycles. The number of benzene rings is 1. The predicted octanol–water partition coefficient (Wildman–Crippen LogP) is 2.96. The van der Waals surface area contributed by atoms with Crippen LogP contribution in [0, 0.1) is 0 Å². The lowest BCUT2D eigenvalue weighted by molar-refractivity contribution is 0.181. The summed E-state index contributed by atoms with van der Waals surface area (Å²) in [5.74, 6) is 0.742. The van der Waals surface area contributed by atoms with E-state index in [9.17, 15) is 5.11 Å². The van der Waals surface area contributed by atoms with Crippen LogP contribution in [0.4, 0.5) is 5.69 Å². The summed E-state index contributed by atoms with van der Waals surface area (Å²) in [6, 6.07) is 5.79. The van der Waals surface area contributed by atoms with E-state index in [4.69, 9.17) is 5.73 Å². The van der Waals surface area contributed by atoms with Gasteiger partial charge in [0, 0.05) is 17.0 Å². The van der Waals surface area contributed by atoms with Crippen molar-refractivity contribution in [1.29, 1.82) is 0 Å². The van der Waals surface area contributed by atoms with Gasteiger partial charge in [0.05, 0.1) is 11.0 Å². The average molecular weight is 291 g/mol. The van der Waals surface area contributed by atoms with Crippen LogP contribution in [0.3, 0.4) is 0 Å². The number of nitrogen functional groups attached to an aromatic ring is 1. The van der Waals surface area contributed by atoms with Gasteiger partial charge in [-0.05, 0) is 44.2 Å². The van der Waals surface area contributed by atoms with Crippen LogP contribution >= 0.6 is 11.8 Å². The highest BCUT2D eigenvalue weighted by molar-refractivity contribution is 8.00. The number of aromatic nitrogens is 2. The van der Waals surface area contributed by atoms with Crippen LogP contribution in [-0.2, 0) is 6.54 Å². The molecule has 1 aromatic carbocycles. The lowest BCUT2D eigenvalue weighted by Crippen LogP contribution is -2.38. The van der Waals surface area contributed by atoms with Crippen LogP contribution in [0.5, 0.6) is 0 Å². The standard InChI is InChI=1S/C15H21N3OS/c1-10(19)14-17-12-8-11(16)4-5-13(12)18(14)9-15(20-2)6-3-7-15/h4-5,8,10,19H,3,6-7,9,16H2,1-2H3. The molecule has 0 bridgehead atoms. The van der Waals surface area contributed by atoms with Gasteiger partial charge in [-0.2, -0.15) is 11.8 Å². The van der Waals surface area contributed by atoms with E-state index >= 15 is 0 Å². The van der Waals surface area contributed by atoms with E-state index in [2.05, 4.69) is 15.8 Å². The Bertz CT molecular complexity index is 626. The first-order chi connectivity index (χ1) is 9.54. The van der Waals surface area contributed by atoms with Gasteiger partial charge in [0.15, 0.2) is 0 Å². The zero-order chi connectivity index (χ0) is 14.3. The minimum absolute atomic E-state index is 0.304. The van der Waals surface area contributed by atoms with Crippen molar-refractivity contribution < 1.29 is 5.11 Å². The van der Waals surface area contributed by atoms with Gasteiger partial charge in [0.2, 0.25) is 0 Å². The number of anilines is 1. The quantitative estimate of drug-likeness (QED) is 0.850. The Labute approximate surface area is 123 Å². The molecule has 20 heavy (non-hydrogen) atoms. The highest BCUT2D eigenvalue weighted by atomic mass is 32.2. The molecule has 108 valence electrons. The number of hydrogen-bond acceptors (Lipinski definition) is 4. The fourth-order valence-corrected chi connectivity index (χ4v) is 3.89. The first-order valence-electron chi connectivity index (χ1n) is 7.03. The van der Waals surface area contributed by atoms with Gasteiger partial charge in [-0.3, -0.25) is 0 Å². The van der Waals surface area contributed by atoms with Gasteiger partial charge < -0.3 is 15.4 Å². The van der Waals surface area contributed by atoms with Crippen LogP contribution in [0.25, 0.3) is 11.0 Å². The number of aliphatic hydroxyl groups is 1. The molecule has 1 unspecified atom stereocenters. The fraction of sp³-hybridized carbons (Fsp3) is 0.533. The number of hydrogen-bond donors (Lipinski definition) is 2. The second-order valence-electron chi connectivity index (χ2n) is 5.72. The maximum atomic E-state index is 10.0. The second kappa shape index (κ2) is 4.97. The molecule has 0 saturated heterocycles. The third-order valence-electron chi connectivity index (χ3n) is 4.32. The van der Waals surface area contributed by atoms with Crippen molar-refractivity contribution in [1.82, 2.24) is 9.55 Å². The Hall–Kier alpha value is -1.20. The molecule has 0 amide bonds. The highest BCUT2D eigenvalue weighted by Crippen LogP contribution is 2.45. The summed E-state index contributed by atoms with van der Waals surface area (Å²) in [6.45, 7) is 2.68. The van der Waals surface area contributed by atoms with Gasteiger partial charge in [-0.1, -0.05) is 6.42 Å². The molecule has 1 heterocycles. The first-order valence-corrected chi connectivity index (χ1v) is 8.26. The number of nitrogens with two attached hydrogens (primary N) is 1. The van der Waals surface area contributed by atoms with Crippen molar-refractivity contribution in [3.8, 4) is 0 Å². The zero-order valence-electron chi connectivity index (χ0n) is 12.0. The Morgan fingerprint density at radius 2 is 2.25 bits per heavy atom. The van der Waals surface area contributed by atoms with Crippen molar-refractivity contribution >= 4 is 28.5 Å². The second-order valence-corrected chi connectivity index (χ2v) is 7.00. The van der Waals surface area contributed by atoms with Crippen molar-refractivity contribution in [2.45, 2.75) is 43.6 Å². The summed E-state index contributed by atoms with van der Waals surface area (Å²) in [4.78, 5) is 4.57.